The topological polar surface area (TPSA) is 197 Å². The van der Waals surface area contributed by atoms with Crippen LogP contribution >= 0.6 is 0 Å². The SMILES string of the molecule is [C-]#[N+]C(=C1CCN(C(=O)C(=O)c2c[nH]c3c(-n4cnc(C(=O)NCCCN(CC)C(=O)CCOCCOCCOCCOCC#C)n4)ncc(OC)c23)CC1)c1ccccc1. The first-order chi connectivity index (χ1) is 29.8. The lowest BCUT2D eigenvalue weighted by molar-refractivity contribution is -0.132. The van der Waals surface area contributed by atoms with Crippen LogP contribution in [0.15, 0.2) is 54.6 Å². The third kappa shape index (κ3) is 12.5. The Morgan fingerprint density at radius 1 is 0.984 bits per heavy atom. The van der Waals surface area contributed by atoms with Gasteiger partial charge in [0.2, 0.25) is 11.7 Å². The van der Waals surface area contributed by atoms with Gasteiger partial charge in [-0.1, -0.05) is 41.8 Å². The van der Waals surface area contributed by atoms with Gasteiger partial charge in [-0.2, -0.15) is 4.68 Å². The van der Waals surface area contributed by atoms with E-state index >= 15 is 0 Å². The van der Waals surface area contributed by atoms with Gasteiger partial charge >= 0.3 is 0 Å². The fourth-order valence-corrected chi connectivity index (χ4v) is 6.62. The molecule has 61 heavy (non-hydrogen) atoms. The Morgan fingerprint density at radius 2 is 1.67 bits per heavy atom. The van der Waals surface area contributed by atoms with Crippen molar-refractivity contribution in [2.75, 3.05) is 92.7 Å². The van der Waals surface area contributed by atoms with Crippen molar-refractivity contribution in [2.24, 2.45) is 0 Å². The van der Waals surface area contributed by atoms with Crippen molar-refractivity contribution in [3.05, 3.63) is 83.0 Å². The molecule has 0 saturated carbocycles. The first kappa shape index (κ1) is 45.6. The van der Waals surface area contributed by atoms with Crippen LogP contribution in [0.5, 0.6) is 5.75 Å². The zero-order valence-electron chi connectivity index (χ0n) is 34.5. The lowest BCUT2D eigenvalue weighted by atomic mass is 9.97. The summed E-state index contributed by atoms with van der Waals surface area (Å²) in [6.07, 6.45) is 11.0. The van der Waals surface area contributed by atoms with Crippen molar-refractivity contribution in [3.8, 4) is 23.9 Å². The zero-order chi connectivity index (χ0) is 43.4. The van der Waals surface area contributed by atoms with Gasteiger partial charge in [0.1, 0.15) is 18.7 Å². The van der Waals surface area contributed by atoms with Gasteiger partial charge < -0.3 is 43.8 Å². The van der Waals surface area contributed by atoms with Gasteiger partial charge in [-0.3, -0.25) is 19.2 Å². The van der Waals surface area contributed by atoms with E-state index in [0.717, 1.165) is 11.1 Å². The molecular weight excluding hydrogens is 787 g/mol. The van der Waals surface area contributed by atoms with Gasteiger partial charge in [-0.05, 0) is 31.7 Å². The fraction of sp³-hybridized carbons (Fsp3) is 0.442. The molecule has 1 saturated heterocycles. The van der Waals surface area contributed by atoms with E-state index in [2.05, 4.69) is 36.1 Å². The predicted octanol–water partition coefficient (Wildman–Crippen LogP) is 3.35. The summed E-state index contributed by atoms with van der Waals surface area (Å²) >= 11 is 0. The van der Waals surface area contributed by atoms with Crippen molar-refractivity contribution in [1.29, 1.82) is 0 Å². The van der Waals surface area contributed by atoms with Gasteiger partial charge in [0.25, 0.3) is 17.6 Å². The molecule has 1 aliphatic rings. The Labute approximate surface area is 354 Å². The van der Waals surface area contributed by atoms with Crippen LogP contribution < -0.4 is 10.1 Å². The van der Waals surface area contributed by atoms with Crippen molar-refractivity contribution in [3.63, 3.8) is 0 Å². The summed E-state index contributed by atoms with van der Waals surface area (Å²) in [5, 5.41) is 7.44. The monoisotopic (exact) mass is 837 g/mol. The van der Waals surface area contributed by atoms with E-state index in [9.17, 15) is 19.2 Å². The Balaban J connectivity index is 1.08. The largest absolute Gasteiger partial charge is 0.494 e. The molecule has 5 rings (SSSR count). The highest BCUT2D eigenvalue weighted by Gasteiger charge is 2.30. The molecule has 3 aromatic heterocycles. The first-order valence-electron chi connectivity index (χ1n) is 20.1. The molecule has 0 spiro atoms. The van der Waals surface area contributed by atoms with Crippen molar-refractivity contribution < 1.29 is 42.9 Å². The van der Waals surface area contributed by atoms with Gasteiger partial charge in [0.05, 0.1) is 89.0 Å². The molecule has 3 amide bonds. The smallest absolute Gasteiger partial charge is 0.295 e. The quantitative estimate of drug-likeness (QED) is 0.0344. The Hall–Kier alpha value is -6.44. The number of carbonyl (C=O) groups excluding carboxylic acids is 4. The number of Topliss-reactive ketones (excluding diaryl/α,β-unsaturated/α-hetero) is 1. The number of methoxy groups -OCH3 is 1. The molecule has 4 aromatic rings. The van der Waals surface area contributed by atoms with Crippen LogP contribution in [0.1, 0.15) is 59.1 Å². The number of carbonyl (C=O) groups is 4. The zero-order valence-corrected chi connectivity index (χ0v) is 34.5. The van der Waals surface area contributed by atoms with Crippen LogP contribution in [0.2, 0.25) is 0 Å². The summed E-state index contributed by atoms with van der Waals surface area (Å²) in [6, 6.07) is 9.44. The number of aromatic nitrogens is 5. The fourth-order valence-electron chi connectivity index (χ4n) is 6.62. The Morgan fingerprint density at radius 3 is 2.33 bits per heavy atom. The van der Waals surface area contributed by atoms with Crippen LogP contribution in [-0.4, -0.2) is 151 Å². The number of pyridine rings is 1. The van der Waals surface area contributed by atoms with Crippen LogP contribution in [0.3, 0.4) is 0 Å². The van der Waals surface area contributed by atoms with Gasteiger partial charge in [0.15, 0.2) is 11.5 Å². The molecule has 1 aliphatic heterocycles. The minimum atomic E-state index is -0.725. The number of benzene rings is 1. The van der Waals surface area contributed by atoms with Crippen LogP contribution in [0, 0.1) is 18.9 Å². The van der Waals surface area contributed by atoms with Crippen molar-refractivity contribution >= 4 is 40.1 Å². The van der Waals surface area contributed by atoms with Gasteiger partial charge in [0, 0.05) is 38.9 Å². The lowest BCUT2D eigenvalue weighted by Crippen LogP contribution is -2.40. The number of aromatic amines is 1. The predicted molar refractivity (Wildman–Crippen MR) is 224 cm³/mol. The van der Waals surface area contributed by atoms with Crippen LogP contribution in [-0.2, 0) is 28.5 Å². The second-order valence-corrected chi connectivity index (χ2v) is 13.6. The van der Waals surface area contributed by atoms with Crippen LogP contribution in [0.4, 0.5) is 0 Å². The summed E-state index contributed by atoms with van der Waals surface area (Å²) in [5.41, 5.74) is 2.82. The summed E-state index contributed by atoms with van der Waals surface area (Å²) < 4.78 is 28.3. The maximum absolute atomic E-state index is 13.7. The molecular formula is C43H51N9O9. The maximum atomic E-state index is 13.7. The number of nitrogens with zero attached hydrogens (tertiary/aromatic N) is 7. The van der Waals surface area contributed by atoms with Crippen LogP contribution in [0.25, 0.3) is 27.3 Å². The number of rotatable bonds is 24. The molecule has 18 nitrogen and oxygen atoms in total. The number of amides is 3. The molecule has 0 bridgehead atoms. The number of terminal acetylenes is 1. The lowest BCUT2D eigenvalue weighted by Gasteiger charge is -2.28. The highest BCUT2D eigenvalue weighted by Crippen LogP contribution is 2.33. The molecule has 4 heterocycles. The molecule has 0 aliphatic carbocycles. The standard InChI is InChI=1S/C43H51N9O9/c1-5-20-58-22-24-60-26-27-61-25-23-59-21-15-35(53)50(6-2)17-10-16-45-42(55)40-48-30-52(49-40)41-38-36(34(57-4)29-47-41)33(28-46-38)39(54)43(56)51-18-13-32(14-19-51)37(44-3)31-11-8-7-9-12-31/h1,7-9,11-12,28-30,46H,6,10,13-27H2,2,4H3,(H,45,55). The molecule has 1 fully saturated rings. The summed E-state index contributed by atoms with van der Waals surface area (Å²) in [4.78, 5) is 71.6. The number of ketones is 1. The second-order valence-electron chi connectivity index (χ2n) is 13.6. The molecule has 18 heteroatoms. The minimum Gasteiger partial charge on any atom is -0.494 e. The Bertz CT molecular complexity index is 2210. The number of H-pyrrole nitrogens is 1. The third-order valence-corrected chi connectivity index (χ3v) is 9.76. The number of likely N-dealkylation sites (tertiary alicyclic amines) is 1. The summed E-state index contributed by atoms with van der Waals surface area (Å²) in [7, 11) is 1.43. The molecule has 1 aromatic carbocycles. The molecule has 322 valence electrons. The minimum absolute atomic E-state index is 0.0551. The third-order valence-electron chi connectivity index (χ3n) is 9.76. The molecule has 2 N–H and O–H groups in total. The normalized spacial score (nSPS) is 12.5. The molecule has 0 radical (unpaired) electrons. The highest BCUT2D eigenvalue weighted by atomic mass is 16.6. The van der Waals surface area contributed by atoms with Crippen molar-refractivity contribution in [1.82, 2.24) is 39.8 Å². The number of fused-ring (bicyclic) bond motifs is 1. The molecule has 0 atom stereocenters. The number of ether oxygens (including phenoxy) is 5. The van der Waals surface area contributed by atoms with Gasteiger partial charge in [-0.15, -0.1) is 11.5 Å². The van der Waals surface area contributed by atoms with E-state index in [-0.39, 0.29) is 55.0 Å². The molecule has 0 unspecified atom stereocenters. The number of hydrogen-bond acceptors (Lipinski definition) is 12. The number of piperidine rings is 1. The number of nitrogens with one attached hydrogen (secondary N) is 2. The van der Waals surface area contributed by atoms with E-state index in [1.807, 2.05) is 37.3 Å². The van der Waals surface area contributed by atoms with E-state index < -0.39 is 17.6 Å². The Kier molecular flexibility index (Phi) is 17.9. The highest BCUT2D eigenvalue weighted by molar-refractivity contribution is 6.45. The van der Waals surface area contributed by atoms with E-state index in [4.69, 9.17) is 36.7 Å². The van der Waals surface area contributed by atoms with E-state index in [1.165, 1.54) is 35.4 Å². The average molecular weight is 838 g/mol. The summed E-state index contributed by atoms with van der Waals surface area (Å²) in [5.74, 6) is 0.797. The average Bonchev–Trinajstić information content (AvgIpc) is 3.97. The van der Waals surface area contributed by atoms with Gasteiger partial charge in [-0.25, -0.2) is 14.8 Å². The van der Waals surface area contributed by atoms with E-state index in [1.54, 1.807) is 4.90 Å². The maximum Gasteiger partial charge on any atom is 0.295 e. The number of hydrogen-bond donors (Lipinski definition) is 2. The second kappa shape index (κ2) is 24.0. The first-order valence-corrected chi connectivity index (χ1v) is 20.1. The van der Waals surface area contributed by atoms with E-state index in [0.29, 0.717) is 102 Å². The van der Waals surface area contributed by atoms with Crippen molar-refractivity contribution in [2.45, 2.75) is 32.6 Å². The summed E-state index contributed by atoms with van der Waals surface area (Å²) in [6.45, 7) is 14.4.